The molecule has 3 N–H and O–H groups in total. The Hall–Kier alpha value is -1.47. The molecule has 0 aliphatic heterocycles. The lowest BCUT2D eigenvalue weighted by Crippen LogP contribution is -2.35. The fourth-order valence-electron chi connectivity index (χ4n) is 1.65. The van der Waals surface area contributed by atoms with Gasteiger partial charge in [-0.3, -0.25) is 0 Å². The highest BCUT2D eigenvalue weighted by molar-refractivity contribution is 5.43. The topological polar surface area (TPSA) is 56.5 Å². The number of nitrogens with two attached hydrogens (primary N) is 1. The molecular weight excluding hydrogens is 261 g/mol. The molecule has 1 unspecified atom stereocenters. The number of alkyl halides is 3. The van der Waals surface area contributed by atoms with E-state index in [9.17, 15) is 13.2 Å². The van der Waals surface area contributed by atoms with Gasteiger partial charge in [0.1, 0.15) is 0 Å². The molecule has 7 heteroatoms. The van der Waals surface area contributed by atoms with E-state index in [4.69, 9.17) is 15.2 Å². The molecule has 0 aliphatic rings. The van der Waals surface area contributed by atoms with Crippen molar-refractivity contribution in [1.82, 2.24) is 5.32 Å². The Morgan fingerprint density at radius 2 is 1.84 bits per heavy atom. The van der Waals surface area contributed by atoms with Crippen molar-refractivity contribution in [1.29, 1.82) is 0 Å². The summed E-state index contributed by atoms with van der Waals surface area (Å²) in [5.41, 5.74) is 6.11. The number of nitrogens with one attached hydrogen (secondary N) is 1. The zero-order chi connectivity index (χ0) is 14.5. The average Bonchev–Trinajstić information content (AvgIpc) is 2.37. The van der Waals surface area contributed by atoms with Gasteiger partial charge >= 0.3 is 6.18 Å². The average molecular weight is 278 g/mol. The molecule has 0 heterocycles. The first kappa shape index (κ1) is 15.6. The van der Waals surface area contributed by atoms with Crippen LogP contribution in [0.1, 0.15) is 11.6 Å². The fraction of sp³-hybridized carbons (Fsp3) is 0.500. The first-order chi connectivity index (χ1) is 8.91. The summed E-state index contributed by atoms with van der Waals surface area (Å²) in [6.45, 7) is -1.05. The van der Waals surface area contributed by atoms with Gasteiger partial charge in [0.15, 0.2) is 11.5 Å². The smallest absolute Gasteiger partial charge is 0.401 e. The molecule has 1 aromatic carbocycles. The molecule has 19 heavy (non-hydrogen) atoms. The summed E-state index contributed by atoms with van der Waals surface area (Å²) < 4.78 is 46.7. The monoisotopic (exact) mass is 278 g/mol. The number of rotatable bonds is 6. The van der Waals surface area contributed by atoms with Gasteiger partial charge in [0.25, 0.3) is 0 Å². The summed E-state index contributed by atoms with van der Waals surface area (Å²) in [7, 11) is 2.95. The maximum absolute atomic E-state index is 12.2. The minimum absolute atomic E-state index is 0.0472. The van der Waals surface area contributed by atoms with E-state index in [-0.39, 0.29) is 6.54 Å². The van der Waals surface area contributed by atoms with Crippen LogP contribution in [-0.2, 0) is 0 Å². The lowest BCUT2D eigenvalue weighted by atomic mass is 10.1. The number of halogens is 3. The largest absolute Gasteiger partial charge is 0.493 e. The van der Waals surface area contributed by atoms with Crippen LogP contribution in [-0.4, -0.2) is 33.5 Å². The third kappa shape index (κ3) is 4.60. The maximum atomic E-state index is 12.2. The van der Waals surface area contributed by atoms with Crippen LogP contribution in [0.2, 0.25) is 0 Å². The Kier molecular flexibility index (Phi) is 5.44. The van der Waals surface area contributed by atoms with Gasteiger partial charge in [0.2, 0.25) is 0 Å². The van der Waals surface area contributed by atoms with Crippen molar-refractivity contribution < 1.29 is 22.6 Å². The van der Waals surface area contributed by atoms with Crippen LogP contribution in [0.5, 0.6) is 11.5 Å². The Morgan fingerprint density at radius 1 is 1.21 bits per heavy atom. The minimum atomic E-state index is -4.27. The molecule has 1 rings (SSSR count). The van der Waals surface area contributed by atoms with Crippen LogP contribution in [0, 0.1) is 0 Å². The van der Waals surface area contributed by atoms with Gasteiger partial charge < -0.3 is 20.5 Å². The zero-order valence-corrected chi connectivity index (χ0v) is 10.8. The summed E-state index contributed by atoms with van der Waals surface area (Å²) in [6, 6.07) is 4.30. The molecule has 0 radical (unpaired) electrons. The van der Waals surface area contributed by atoms with Crippen molar-refractivity contribution in [2.24, 2.45) is 5.73 Å². The zero-order valence-electron chi connectivity index (χ0n) is 10.8. The summed E-state index contributed by atoms with van der Waals surface area (Å²) >= 11 is 0. The normalized spacial score (nSPS) is 13.2. The molecule has 0 fully saturated rings. The number of hydrogen-bond acceptors (Lipinski definition) is 4. The lowest BCUT2D eigenvalue weighted by molar-refractivity contribution is -0.126. The Labute approximate surface area is 109 Å². The molecule has 0 aliphatic carbocycles. The van der Waals surface area contributed by atoms with Crippen LogP contribution in [0.4, 0.5) is 13.2 Å². The number of ether oxygens (including phenoxy) is 2. The van der Waals surface area contributed by atoms with Crippen molar-refractivity contribution >= 4 is 0 Å². The predicted molar refractivity (Wildman–Crippen MR) is 65.4 cm³/mol. The third-order valence-electron chi connectivity index (χ3n) is 2.59. The highest BCUT2D eigenvalue weighted by Crippen LogP contribution is 2.30. The molecule has 1 atom stereocenters. The Balaban J connectivity index is 2.86. The molecule has 0 saturated heterocycles. The van der Waals surface area contributed by atoms with Crippen molar-refractivity contribution in [3.8, 4) is 11.5 Å². The highest BCUT2D eigenvalue weighted by atomic mass is 19.4. The van der Waals surface area contributed by atoms with Gasteiger partial charge in [0.05, 0.1) is 20.8 Å². The number of hydrogen-bond donors (Lipinski definition) is 2. The first-order valence-electron chi connectivity index (χ1n) is 5.63. The summed E-state index contributed by atoms with van der Waals surface area (Å²) in [4.78, 5) is 0. The van der Waals surface area contributed by atoms with E-state index in [0.29, 0.717) is 17.1 Å². The maximum Gasteiger partial charge on any atom is 0.401 e. The van der Waals surface area contributed by atoms with Gasteiger partial charge in [-0.25, -0.2) is 0 Å². The van der Waals surface area contributed by atoms with Crippen LogP contribution >= 0.6 is 0 Å². The van der Waals surface area contributed by atoms with Gasteiger partial charge in [0, 0.05) is 12.6 Å². The standard InChI is InChI=1S/C12H17F3N2O2/c1-18-10-4-3-8(5-11(10)19-2)9(6-16)17-7-12(13,14)15/h3-5,9,17H,6-7,16H2,1-2H3. The predicted octanol–water partition coefficient (Wildman–Crippen LogP) is 1.86. The van der Waals surface area contributed by atoms with E-state index < -0.39 is 18.8 Å². The van der Waals surface area contributed by atoms with Crippen molar-refractivity contribution in [3.05, 3.63) is 23.8 Å². The van der Waals surface area contributed by atoms with Gasteiger partial charge in [-0.1, -0.05) is 6.07 Å². The summed E-state index contributed by atoms with van der Waals surface area (Å²) in [5, 5.41) is 2.37. The first-order valence-corrected chi connectivity index (χ1v) is 5.63. The van der Waals surface area contributed by atoms with Gasteiger partial charge in [-0.05, 0) is 17.7 Å². The van der Waals surface area contributed by atoms with Gasteiger partial charge in [-0.15, -0.1) is 0 Å². The second-order valence-corrected chi connectivity index (χ2v) is 3.90. The third-order valence-corrected chi connectivity index (χ3v) is 2.59. The summed E-state index contributed by atoms with van der Waals surface area (Å²) in [6.07, 6.45) is -4.27. The van der Waals surface area contributed by atoms with E-state index in [1.165, 1.54) is 14.2 Å². The fourth-order valence-corrected chi connectivity index (χ4v) is 1.65. The second-order valence-electron chi connectivity index (χ2n) is 3.90. The quantitative estimate of drug-likeness (QED) is 0.834. The molecule has 0 bridgehead atoms. The van der Waals surface area contributed by atoms with Crippen LogP contribution in [0.3, 0.4) is 0 Å². The molecule has 0 saturated carbocycles. The minimum Gasteiger partial charge on any atom is -0.493 e. The molecule has 0 aromatic heterocycles. The highest BCUT2D eigenvalue weighted by Gasteiger charge is 2.28. The van der Waals surface area contributed by atoms with Crippen molar-refractivity contribution in [3.63, 3.8) is 0 Å². The lowest BCUT2D eigenvalue weighted by Gasteiger charge is -2.19. The van der Waals surface area contributed by atoms with Crippen molar-refractivity contribution in [2.75, 3.05) is 27.3 Å². The summed E-state index contributed by atoms with van der Waals surface area (Å²) in [5.74, 6) is 0.963. The molecule has 0 spiro atoms. The Bertz CT molecular complexity index is 410. The molecular formula is C12H17F3N2O2. The van der Waals surface area contributed by atoms with Crippen LogP contribution in [0.15, 0.2) is 18.2 Å². The molecule has 4 nitrogen and oxygen atoms in total. The SMILES string of the molecule is COc1ccc(C(CN)NCC(F)(F)F)cc1OC. The van der Waals surface area contributed by atoms with E-state index in [1.807, 2.05) is 0 Å². The number of benzene rings is 1. The van der Waals surface area contributed by atoms with E-state index in [1.54, 1.807) is 18.2 Å². The van der Waals surface area contributed by atoms with E-state index in [2.05, 4.69) is 5.32 Å². The van der Waals surface area contributed by atoms with Crippen LogP contribution in [0.25, 0.3) is 0 Å². The van der Waals surface area contributed by atoms with E-state index >= 15 is 0 Å². The second kappa shape index (κ2) is 6.63. The molecule has 0 amide bonds. The number of methoxy groups -OCH3 is 2. The van der Waals surface area contributed by atoms with Gasteiger partial charge in [-0.2, -0.15) is 13.2 Å². The Morgan fingerprint density at radius 3 is 2.32 bits per heavy atom. The van der Waals surface area contributed by atoms with E-state index in [0.717, 1.165) is 0 Å². The van der Waals surface area contributed by atoms with Crippen molar-refractivity contribution in [2.45, 2.75) is 12.2 Å². The van der Waals surface area contributed by atoms with Crippen LogP contribution < -0.4 is 20.5 Å². The molecule has 1 aromatic rings. The molecule has 108 valence electrons.